The van der Waals surface area contributed by atoms with Crippen molar-refractivity contribution in [1.82, 2.24) is 4.90 Å². The van der Waals surface area contributed by atoms with Crippen LogP contribution < -0.4 is 11.1 Å². The van der Waals surface area contributed by atoms with Gasteiger partial charge in [0.2, 0.25) is 0 Å². The normalized spacial score (nSPS) is 19.4. The molecule has 1 saturated heterocycles. The Morgan fingerprint density at radius 2 is 2.29 bits per heavy atom. The smallest absolute Gasteiger partial charge is 0.337 e. The number of nitrogens with one attached hydrogen (secondary N) is 1. The van der Waals surface area contributed by atoms with Crippen LogP contribution in [0.2, 0.25) is 0 Å². The molecule has 5 heteroatoms. The lowest BCUT2D eigenvalue weighted by atomic mass is 10.0. The molecule has 0 aromatic heterocycles. The fraction of sp³-hybridized carbons (Fsp3) is 0.562. The number of carboxylic acid groups (broad SMARTS) is 1. The molecule has 0 bridgehead atoms. The number of nitrogen functional groups attached to an aromatic ring is 1. The van der Waals surface area contributed by atoms with Gasteiger partial charge in [-0.05, 0) is 44.9 Å². The van der Waals surface area contributed by atoms with Crippen molar-refractivity contribution in [1.29, 1.82) is 0 Å². The van der Waals surface area contributed by atoms with Gasteiger partial charge in [-0.3, -0.25) is 0 Å². The molecule has 1 aliphatic rings. The van der Waals surface area contributed by atoms with Gasteiger partial charge in [0.25, 0.3) is 0 Å². The van der Waals surface area contributed by atoms with E-state index in [1.54, 1.807) is 18.2 Å². The molecule has 0 amide bonds. The highest BCUT2D eigenvalue weighted by Gasteiger charge is 2.17. The van der Waals surface area contributed by atoms with Crippen molar-refractivity contribution in [3.05, 3.63) is 23.8 Å². The molecule has 0 aliphatic carbocycles. The van der Waals surface area contributed by atoms with E-state index in [2.05, 4.69) is 17.1 Å². The van der Waals surface area contributed by atoms with E-state index in [9.17, 15) is 9.90 Å². The molecule has 1 atom stereocenters. The number of para-hydroxylation sites is 1. The van der Waals surface area contributed by atoms with Gasteiger partial charge in [-0.1, -0.05) is 12.5 Å². The third-order valence-corrected chi connectivity index (χ3v) is 4.19. The topological polar surface area (TPSA) is 78.6 Å². The Morgan fingerprint density at radius 1 is 1.48 bits per heavy atom. The molecule has 116 valence electrons. The van der Waals surface area contributed by atoms with Crippen molar-refractivity contribution in [3.63, 3.8) is 0 Å². The largest absolute Gasteiger partial charge is 0.478 e. The molecule has 1 aromatic carbocycles. The summed E-state index contributed by atoms with van der Waals surface area (Å²) in [6.07, 6.45) is 4.88. The van der Waals surface area contributed by atoms with Gasteiger partial charge in [0.15, 0.2) is 0 Å². The van der Waals surface area contributed by atoms with Crippen molar-refractivity contribution in [2.45, 2.75) is 38.6 Å². The molecule has 1 aromatic rings. The third kappa shape index (κ3) is 4.11. The van der Waals surface area contributed by atoms with Crippen molar-refractivity contribution in [3.8, 4) is 0 Å². The van der Waals surface area contributed by atoms with Crippen molar-refractivity contribution < 1.29 is 9.90 Å². The minimum absolute atomic E-state index is 0.237. The highest BCUT2D eigenvalue weighted by atomic mass is 16.4. The van der Waals surface area contributed by atoms with Crippen molar-refractivity contribution in [2.75, 3.05) is 30.7 Å². The first-order valence-electron chi connectivity index (χ1n) is 7.69. The minimum Gasteiger partial charge on any atom is -0.478 e. The zero-order chi connectivity index (χ0) is 15.2. The van der Waals surface area contributed by atoms with Gasteiger partial charge in [-0.25, -0.2) is 4.79 Å². The molecule has 0 radical (unpaired) electrons. The van der Waals surface area contributed by atoms with Crippen LogP contribution in [0.1, 0.15) is 43.0 Å². The van der Waals surface area contributed by atoms with Crippen LogP contribution in [0.25, 0.3) is 0 Å². The number of rotatable bonds is 6. The first-order chi connectivity index (χ1) is 10.1. The Kier molecular flexibility index (Phi) is 5.44. The Hall–Kier alpha value is -1.75. The van der Waals surface area contributed by atoms with E-state index in [4.69, 9.17) is 5.73 Å². The molecule has 0 saturated carbocycles. The summed E-state index contributed by atoms with van der Waals surface area (Å²) in [5.41, 5.74) is 7.13. The van der Waals surface area contributed by atoms with Crippen LogP contribution in [0.4, 0.5) is 11.4 Å². The molecule has 5 nitrogen and oxygen atoms in total. The second-order valence-electron chi connectivity index (χ2n) is 5.74. The summed E-state index contributed by atoms with van der Waals surface area (Å²) in [6, 6.07) is 5.63. The number of carboxylic acids is 1. The van der Waals surface area contributed by atoms with Crippen LogP contribution in [0.15, 0.2) is 18.2 Å². The van der Waals surface area contributed by atoms with Crippen LogP contribution in [-0.2, 0) is 0 Å². The lowest BCUT2D eigenvalue weighted by Gasteiger charge is -2.33. The van der Waals surface area contributed by atoms with Crippen LogP contribution in [0.5, 0.6) is 0 Å². The molecule has 21 heavy (non-hydrogen) atoms. The molecule has 1 heterocycles. The molecule has 2 rings (SSSR count). The van der Waals surface area contributed by atoms with Crippen LogP contribution in [0.3, 0.4) is 0 Å². The standard InChI is InChI=1S/C16H25N3O2/c1-12-6-2-3-10-19(12)11-5-9-18-15-13(16(20)21)7-4-8-14(15)17/h4,7-8,12,18H,2-3,5-6,9-11,17H2,1H3,(H,20,21). The average molecular weight is 291 g/mol. The van der Waals surface area contributed by atoms with E-state index < -0.39 is 5.97 Å². The lowest BCUT2D eigenvalue weighted by Crippen LogP contribution is -2.38. The van der Waals surface area contributed by atoms with Gasteiger partial charge in [-0.2, -0.15) is 0 Å². The predicted octanol–water partition coefficient (Wildman–Crippen LogP) is 2.64. The number of benzene rings is 1. The third-order valence-electron chi connectivity index (χ3n) is 4.19. The SMILES string of the molecule is CC1CCCCN1CCCNc1c(N)cccc1C(=O)O. The Morgan fingerprint density at radius 3 is 3.00 bits per heavy atom. The first kappa shape index (κ1) is 15.6. The molecule has 1 fully saturated rings. The van der Waals surface area contributed by atoms with E-state index in [0.29, 0.717) is 17.4 Å². The summed E-state index contributed by atoms with van der Waals surface area (Å²) < 4.78 is 0. The molecule has 0 spiro atoms. The van der Waals surface area contributed by atoms with E-state index in [1.807, 2.05) is 0 Å². The maximum absolute atomic E-state index is 11.2. The highest BCUT2D eigenvalue weighted by Crippen LogP contribution is 2.23. The van der Waals surface area contributed by atoms with E-state index in [1.165, 1.54) is 25.8 Å². The lowest BCUT2D eigenvalue weighted by molar-refractivity contribution is 0.0698. The number of nitrogens with zero attached hydrogens (tertiary/aromatic N) is 1. The molecule has 1 aliphatic heterocycles. The van der Waals surface area contributed by atoms with Crippen LogP contribution >= 0.6 is 0 Å². The highest BCUT2D eigenvalue weighted by molar-refractivity contribution is 5.97. The summed E-state index contributed by atoms with van der Waals surface area (Å²) in [7, 11) is 0. The maximum atomic E-state index is 11.2. The Bertz CT molecular complexity index is 490. The van der Waals surface area contributed by atoms with Gasteiger partial charge in [-0.15, -0.1) is 0 Å². The second kappa shape index (κ2) is 7.31. The molecule has 1 unspecified atom stereocenters. The maximum Gasteiger partial charge on any atom is 0.337 e. The summed E-state index contributed by atoms with van der Waals surface area (Å²) in [6.45, 7) is 5.24. The minimum atomic E-state index is -0.950. The number of hydrogen-bond donors (Lipinski definition) is 3. The fourth-order valence-electron chi connectivity index (χ4n) is 2.93. The summed E-state index contributed by atoms with van der Waals surface area (Å²) in [5.74, 6) is -0.950. The number of nitrogens with two attached hydrogens (primary N) is 1. The van der Waals surface area contributed by atoms with Crippen molar-refractivity contribution in [2.24, 2.45) is 0 Å². The monoisotopic (exact) mass is 291 g/mol. The predicted molar refractivity (Wildman–Crippen MR) is 85.8 cm³/mol. The van der Waals surface area contributed by atoms with Crippen LogP contribution in [-0.4, -0.2) is 41.7 Å². The van der Waals surface area contributed by atoms with E-state index in [0.717, 1.165) is 19.5 Å². The quantitative estimate of drug-likeness (QED) is 0.555. The van der Waals surface area contributed by atoms with Gasteiger partial charge in [0.1, 0.15) is 0 Å². The zero-order valence-electron chi connectivity index (χ0n) is 12.6. The van der Waals surface area contributed by atoms with Gasteiger partial charge >= 0.3 is 5.97 Å². The number of hydrogen-bond acceptors (Lipinski definition) is 4. The molecular weight excluding hydrogens is 266 g/mol. The van der Waals surface area contributed by atoms with Gasteiger partial charge < -0.3 is 21.1 Å². The summed E-state index contributed by atoms with van der Waals surface area (Å²) in [5, 5.41) is 12.4. The van der Waals surface area contributed by atoms with E-state index >= 15 is 0 Å². The number of aromatic carboxylic acids is 1. The van der Waals surface area contributed by atoms with Gasteiger partial charge in [0.05, 0.1) is 16.9 Å². The first-order valence-corrected chi connectivity index (χ1v) is 7.69. The number of carbonyl (C=O) groups is 1. The number of likely N-dealkylation sites (tertiary alicyclic amines) is 1. The number of anilines is 2. The summed E-state index contributed by atoms with van der Waals surface area (Å²) in [4.78, 5) is 13.7. The fourth-order valence-corrected chi connectivity index (χ4v) is 2.93. The number of piperidine rings is 1. The zero-order valence-corrected chi connectivity index (χ0v) is 12.6. The molecular formula is C16H25N3O2. The average Bonchev–Trinajstić information content (AvgIpc) is 2.46. The van der Waals surface area contributed by atoms with Gasteiger partial charge in [0, 0.05) is 19.1 Å². The second-order valence-corrected chi connectivity index (χ2v) is 5.74. The Balaban J connectivity index is 1.85. The Labute approximate surface area is 126 Å². The summed E-state index contributed by atoms with van der Waals surface area (Å²) >= 11 is 0. The van der Waals surface area contributed by atoms with Crippen LogP contribution in [0, 0.1) is 0 Å². The molecule has 4 N–H and O–H groups in total. The van der Waals surface area contributed by atoms with E-state index in [-0.39, 0.29) is 5.56 Å². The van der Waals surface area contributed by atoms with Crippen molar-refractivity contribution >= 4 is 17.3 Å².